The van der Waals surface area contributed by atoms with Gasteiger partial charge in [-0.1, -0.05) is 0 Å². The van der Waals surface area contributed by atoms with Crippen molar-refractivity contribution in [3.8, 4) is 0 Å². The first-order valence-electron chi connectivity index (χ1n) is 4.01. The molecule has 3 N–H and O–H groups in total. The van der Waals surface area contributed by atoms with Gasteiger partial charge in [0.2, 0.25) is 0 Å². The van der Waals surface area contributed by atoms with E-state index in [4.69, 9.17) is 5.73 Å². The average molecular weight is 185 g/mol. The number of hydrogen-bond donors (Lipinski definition) is 2. The number of benzene rings is 1. The average Bonchev–Trinajstić information content (AvgIpc) is 2.32. The number of hydrogen-bond acceptors (Lipinski definition) is 2. The second-order valence-corrected chi connectivity index (χ2v) is 3.27. The van der Waals surface area contributed by atoms with Gasteiger partial charge in [-0.2, -0.15) is 0 Å². The topological polar surface area (TPSA) is 46.2 Å². The van der Waals surface area contributed by atoms with E-state index in [1.54, 1.807) is 0 Å². The lowest BCUT2D eigenvalue weighted by Crippen LogP contribution is -2.24. The molecule has 4 heteroatoms. The molecule has 70 valence electrons. The fourth-order valence-electron chi connectivity index (χ4n) is 1.68. The van der Waals surface area contributed by atoms with Gasteiger partial charge in [-0.25, -0.2) is 8.78 Å². The van der Waals surface area contributed by atoms with Crippen LogP contribution in [-0.4, -0.2) is 11.1 Å². The molecule has 0 unspecified atom stereocenters. The second kappa shape index (κ2) is 2.75. The zero-order valence-corrected chi connectivity index (χ0v) is 6.80. The molecule has 1 aliphatic carbocycles. The maximum Gasteiger partial charge on any atom is 0.129 e. The highest BCUT2D eigenvalue weighted by Crippen LogP contribution is 2.32. The molecule has 0 heterocycles. The number of rotatable bonds is 0. The Kier molecular flexibility index (Phi) is 1.82. The Labute approximate surface area is 74.0 Å². The third-order valence-corrected chi connectivity index (χ3v) is 2.36. The first-order valence-corrected chi connectivity index (χ1v) is 4.01. The molecular weight excluding hydrogens is 176 g/mol. The smallest absolute Gasteiger partial charge is 0.129 e. The molecule has 2 rings (SSSR count). The molecule has 0 fully saturated rings. The first-order chi connectivity index (χ1) is 6.09. The highest BCUT2D eigenvalue weighted by molar-refractivity contribution is 5.37. The Morgan fingerprint density at radius 1 is 1.38 bits per heavy atom. The minimum Gasteiger partial charge on any atom is -0.387 e. The van der Waals surface area contributed by atoms with E-state index in [1.165, 1.54) is 0 Å². The summed E-state index contributed by atoms with van der Waals surface area (Å²) < 4.78 is 25.8. The van der Waals surface area contributed by atoms with Crippen LogP contribution in [0.1, 0.15) is 17.2 Å². The van der Waals surface area contributed by atoms with Gasteiger partial charge in [0.15, 0.2) is 0 Å². The third kappa shape index (κ3) is 1.22. The highest BCUT2D eigenvalue weighted by Gasteiger charge is 2.30. The number of aliphatic hydroxyl groups excluding tert-OH is 1. The molecule has 1 aromatic carbocycles. The van der Waals surface area contributed by atoms with E-state index in [-0.39, 0.29) is 12.0 Å². The summed E-state index contributed by atoms with van der Waals surface area (Å²) in [4.78, 5) is 0. The van der Waals surface area contributed by atoms with E-state index in [0.717, 1.165) is 12.1 Å². The number of nitrogens with two attached hydrogens (primary N) is 1. The Morgan fingerprint density at radius 2 is 2.08 bits per heavy atom. The molecule has 0 saturated heterocycles. The van der Waals surface area contributed by atoms with E-state index < -0.39 is 23.8 Å². The van der Waals surface area contributed by atoms with Crippen molar-refractivity contribution in [2.75, 3.05) is 0 Å². The normalized spacial score (nSPS) is 26.2. The van der Waals surface area contributed by atoms with Gasteiger partial charge in [0.05, 0.1) is 6.10 Å². The van der Waals surface area contributed by atoms with Crippen molar-refractivity contribution >= 4 is 0 Å². The predicted molar refractivity (Wildman–Crippen MR) is 43.0 cm³/mol. The van der Waals surface area contributed by atoms with Crippen molar-refractivity contribution in [2.24, 2.45) is 5.73 Å². The standard InChI is InChI=1S/C9H9F2NO/c10-4-1-6-5(7(11)2-4)3-8(12)9(6)13/h1-2,8-9,13H,3,12H2/t8-,9-/m1/s1. The van der Waals surface area contributed by atoms with Crippen LogP contribution in [-0.2, 0) is 6.42 Å². The van der Waals surface area contributed by atoms with Crippen LogP contribution in [0.15, 0.2) is 12.1 Å². The van der Waals surface area contributed by atoms with Gasteiger partial charge in [-0.3, -0.25) is 0 Å². The minimum atomic E-state index is -0.944. The van der Waals surface area contributed by atoms with Crippen LogP contribution < -0.4 is 5.73 Å². The molecule has 1 aromatic rings. The van der Waals surface area contributed by atoms with E-state index in [9.17, 15) is 13.9 Å². The first kappa shape index (κ1) is 8.59. The van der Waals surface area contributed by atoms with Crippen molar-refractivity contribution in [3.05, 3.63) is 34.9 Å². The predicted octanol–water partition coefficient (Wildman–Crippen LogP) is 0.882. The molecule has 0 saturated carbocycles. The lowest BCUT2D eigenvalue weighted by molar-refractivity contribution is 0.159. The molecule has 2 nitrogen and oxygen atoms in total. The van der Waals surface area contributed by atoms with Crippen molar-refractivity contribution in [3.63, 3.8) is 0 Å². The Bertz CT molecular complexity index is 354. The van der Waals surface area contributed by atoms with Gasteiger partial charge in [-0.15, -0.1) is 0 Å². The number of halogens is 2. The van der Waals surface area contributed by atoms with Crippen molar-refractivity contribution < 1.29 is 13.9 Å². The van der Waals surface area contributed by atoms with Crippen molar-refractivity contribution in [1.29, 1.82) is 0 Å². The van der Waals surface area contributed by atoms with Crippen LogP contribution in [0.2, 0.25) is 0 Å². The number of aliphatic hydroxyl groups is 1. The van der Waals surface area contributed by atoms with Gasteiger partial charge in [0.25, 0.3) is 0 Å². The fraction of sp³-hybridized carbons (Fsp3) is 0.333. The van der Waals surface area contributed by atoms with Crippen LogP contribution in [0.25, 0.3) is 0 Å². The molecule has 0 aromatic heterocycles. The largest absolute Gasteiger partial charge is 0.387 e. The van der Waals surface area contributed by atoms with Crippen molar-refractivity contribution in [1.82, 2.24) is 0 Å². The maximum atomic E-state index is 13.1. The lowest BCUT2D eigenvalue weighted by atomic mass is 10.1. The summed E-state index contributed by atoms with van der Waals surface area (Å²) in [5, 5.41) is 9.44. The van der Waals surface area contributed by atoms with Gasteiger partial charge in [0.1, 0.15) is 11.6 Å². The van der Waals surface area contributed by atoms with Gasteiger partial charge in [-0.05, 0) is 23.6 Å². The molecule has 0 aliphatic heterocycles. The highest BCUT2D eigenvalue weighted by atomic mass is 19.1. The zero-order valence-electron chi connectivity index (χ0n) is 6.80. The summed E-state index contributed by atoms with van der Waals surface area (Å²) in [5.41, 5.74) is 6.13. The third-order valence-electron chi connectivity index (χ3n) is 2.36. The fourth-order valence-corrected chi connectivity index (χ4v) is 1.68. The summed E-state index contributed by atoms with van der Waals surface area (Å²) in [5.74, 6) is -1.30. The maximum absolute atomic E-state index is 13.1. The summed E-state index contributed by atoms with van der Waals surface area (Å²) >= 11 is 0. The lowest BCUT2D eigenvalue weighted by Gasteiger charge is -2.07. The van der Waals surface area contributed by atoms with E-state index in [0.29, 0.717) is 5.56 Å². The molecule has 0 spiro atoms. The molecular formula is C9H9F2NO. The summed E-state index contributed by atoms with van der Waals surface area (Å²) in [6, 6.07) is 1.42. The minimum absolute atomic E-state index is 0.266. The molecule has 1 aliphatic rings. The summed E-state index contributed by atoms with van der Waals surface area (Å²) in [7, 11) is 0. The van der Waals surface area contributed by atoms with Crippen LogP contribution in [0, 0.1) is 11.6 Å². The van der Waals surface area contributed by atoms with E-state index >= 15 is 0 Å². The molecule has 13 heavy (non-hydrogen) atoms. The van der Waals surface area contributed by atoms with Crippen LogP contribution in [0.3, 0.4) is 0 Å². The monoisotopic (exact) mass is 185 g/mol. The van der Waals surface area contributed by atoms with E-state index in [2.05, 4.69) is 0 Å². The van der Waals surface area contributed by atoms with Crippen LogP contribution >= 0.6 is 0 Å². The quantitative estimate of drug-likeness (QED) is 0.630. The molecule has 0 bridgehead atoms. The van der Waals surface area contributed by atoms with E-state index in [1.807, 2.05) is 0 Å². The Morgan fingerprint density at radius 3 is 2.77 bits per heavy atom. The van der Waals surface area contributed by atoms with Crippen LogP contribution in [0.4, 0.5) is 8.78 Å². The summed E-state index contributed by atoms with van der Waals surface area (Å²) in [6.45, 7) is 0. The van der Waals surface area contributed by atoms with Crippen LogP contribution in [0.5, 0.6) is 0 Å². The summed E-state index contributed by atoms with van der Waals surface area (Å²) in [6.07, 6.45) is -0.678. The van der Waals surface area contributed by atoms with Gasteiger partial charge < -0.3 is 10.8 Å². The second-order valence-electron chi connectivity index (χ2n) is 3.27. The van der Waals surface area contributed by atoms with Gasteiger partial charge in [0, 0.05) is 12.1 Å². The Balaban J connectivity index is 2.57. The van der Waals surface area contributed by atoms with Gasteiger partial charge >= 0.3 is 0 Å². The molecule has 2 atom stereocenters. The zero-order chi connectivity index (χ0) is 9.59. The molecule has 0 radical (unpaired) electrons. The number of fused-ring (bicyclic) bond motifs is 1. The SMILES string of the molecule is N[C@@H]1Cc2c(F)cc(F)cc2[C@H]1O. The molecule has 0 amide bonds. The Hall–Kier alpha value is -1.00. The van der Waals surface area contributed by atoms with Crippen molar-refractivity contribution in [2.45, 2.75) is 18.6 Å².